The van der Waals surface area contributed by atoms with Crippen LogP contribution in [0.5, 0.6) is 11.5 Å². The van der Waals surface area contributed by atoms with Crippen molar-refractivity contribution < 1.29 is 19.1 Å². The average Bonchev–Trinajstić information content (AvgIpc) is 3.08. The maximum absolute atomic E-state index is 12.5. The zero-order valence-electron chi connectivity index (χ0n) is 15.2. The molecule has 0 bridgehead atoms. The Labute approximate surface area is 160 Å². The summed E-state index contributed by atoms with van der Waals surface area (Å²) in [6, 6.07) is 10.4. The largest absolute Gasteiger partial charge is 0.493 e. The molecular formula is C19H19N3O4S. The second-order valence-electron chi connectivity index (χ2n) is 5.63. The number of methoxy groups -OCH3 is 2. The molecule has 2 amide bonds. The van der Waals surface area contributed by atoms with Crippen LogP contribution in [0, 0.1) is 0 Å². The van der Waals surface area contributed by atoms with Gasteiger partial charge in [0.1, 0.15) is 0 Å². The van der Waals surface area contributed by atoms with Crippen molar-refractivity contribution in [1.29, 1.82) is 0 Å². The summed E-state index contributed by atoms with van der Waals surface area (Å²) in [5, 5.41) is 6.13. The van der Waals surface area contributed by atoms with Crippen LogP contribution in [-0.2, 0) is 4.79 Å². The topological polar surface area (TPSA) is 89.6 Å². The van der Waals surface area contributed by atoms with Crippen molar-refractivity contribution in [2.45, 2.75) is 13.3 Å². The van der Waals surface area contributed by atoms with E-state index in [4.69, 9.17) is 9.47 Å². The molecule has 0 radical (unpaired) electrons. The van der Waals surface area contributed by atoms with Crippen LogP contribution in [0.15, 0.2) is 36.4 Å². The van der Waals surface area contributed by atoms with Crippen LogP contribution in [0.2, 0.25) is 0 Å². The molecule has 0 aliphatic carbocycles. The molecule has 0 aliphatic rings. The van der Waals surface area contributed by atoms with E-state index in [1.807, 2.05) is 6.07 Å². The summed E-state index contributed by atoms with van der Waals surface area (Å²) in [6.07, 6.45) is 0.391. The number of ether oxygens (including phenoxy) is 2. The fraction of sp³-hybridized carbons (Fsp3) is 0.211. The fourth-order valence-electron chi connectivity index (χ4n) is 2.45. The molecule has 0 spiro atoms. The maximum Gasteiger partial charge on any atom is 0.255 e. The number of nitrogens with one attached hydrogen (secondary N) is 2. The Morgan fingerprint density at radius 1 is 1.04 bits per heavy atom. The Balaban J connectivity index is 1.79. The normalized spacial score (nSPS) is 10.5. The van der Waals surface area contributed by atoms with Gasteiger partial charge in [-0.05, 0) is 36.4 Å². The highest BCUT2D eigenvalue weighted by Crippen LogP contribution is 2.30. The van der Waals surface area contributed by atoms with E-state index in [2.05, 4.69) is 15.6 Å². The van der Waals surface area contributed by atoms with Gasteiger partial charge in [0.25, 0.3) is 5.91 Å². The lowest BCUT2D eigenvalue weighted by atomic mass is 10.2. The smallest absolute Gasteiger partial charge is 0.255 e. The molecule has 1 heterocycles. The Hall–Kier alpha value is -3.13. The predicted molar refractivity (Wildman–Crippen MR) is 106 cm³/mol. The summed E-state index contributed by atoms with van der Waals surface area (Å²) >= 11 is 1.39. The number of thiazole rings is 1. The third kappa shape index (κ3) is 4.17. The first-order valence-corrected chi connectivity index (χ1v) is 9.09. The maximum atomic E-state index is 12.5. The molecule has 0 saturated carbocycles. The van der Waals surface area contributed by atoms with E-state index < -0.39 is 0 Å². The lowest BCUT2D eigenvalue weighted by Crippen LogP contribution is -2.12. The molecule has 0 fully saturated rings. The minimum Gasteiger partial charge on any atom is -0.493 e. The van der Waals surface area contributed by atoms with E-state index >= 15 is 0 Å². The van der Waals surface area contributed by atoms with Crippen molar-refractivity contribution >= 4 is 44.2 Å². The highest BCUT2D eigenvalue weighted by molar-refractivity contribution is 7.22. The molecule has 3 rings (SSSR count). The van der Waals surface area contributed by atoms with Crippen LogP contribution in [0.4, 0.5) is 10.8 Å². The molecular weight excluding hydrogens is 366 g/mol. The Morgan fingerprint density at radius 3 is 2.52 bits per heavy atom. The minimum atomic E-state index is -0.273. The van der Waals surface area contributed by atoms with Gasteiger partial charge in [-0.25, -0.2) is 4.98 Å². The average molecular weight is 385 g/mol. The number of carbonyl (C=O) groups is 2. The number of hydrogen-bond donors (Lipinski definition) is 2. The van der Waals surface area contributed by atoms with Crippen LogP contribution in [0.1, 0.15) is 23.7 Å². The molecule has 2 N–H and O–H groups in total. The zero-order valence-corrected chi connectivity index (χ0v) is 16.0. The first-order valence-electron chi connectivity index (χ1n) is 8.28. The lowest BCUT2D eigenvalue weighted by molar-refractivity contribution is -0.115. The fourth-order valence-corrected chi connectivity index (χ4v) is 3.31. The summed E-state index contributed by atoms with van der Waals surface area (Å²) in [5.41, 5.74) is 1.76. The number of hydrogen-bond acceptors (Lipinski definition) is 6. The van der Waals surface area contributed by atoms with Crippen molar-refractivity contribution in [2.24, 2.45) is 0 Å². The molecule has 0 unspecified atom stereocenters. The van der Waals surface area contributed by atoms with E-state index in [0.29, 0.717) is 39.8 Å². The van der Waals surface area contributed by atoms with Crippen molar-refractivity contribution in [1.82, 2.24) is 4.98 Å². The summed E-state index contributed by atoms with van der Waals surface area (Å²) < 4.78 is 11.3. The first kappa shape index (κ1) is 18.7. The van der Waals surface area contributed by atoms with Crippen LogP contribution in [-0.4, -0.2) is 31.0 Å². The predicted octanol–water partition coefficient (Wildman–Crippen LogP) is 3.91. The summed E-state index contributed by atoms with van der Waals surface area (Å²) in [7, 11) is 3.06. The van der Waals surface area contributed by atoms with Gasteiger partial charge >= 0.3 is 0 Å². The molecule has 1 aromatic heterocycles. The Kier molecular flexibility index (Phi) is 5.56. The Bertz CT molecular complexity index is 1000. The van der Waals surface area contributed by atoms with Gasteiger partial charge in [-0.2, -0.15) is 0 Å². The number of aromatic nitrogens is 1. The van der Waals surface area contributed by atoms with Gasteiger partial charge in [0.15, 0.2) is 16.6 Å². The van der Waals surface area contributed by atoms with E-state index in [1.165, 1.54) is 25.6 Å². The van der Waals surface area contributed by atoms with Crippen molar-refractivity contribution in [3.63, 3.8) is 0 Å². The van der Waals surface area contributed by atoms with Crippen molar-refractivity contribution in [2.75, 3.05) is 24.9 Å². The summed E-state index contributed by atoms with van der Waals surface area (Å²) in [5.74, 6) is 0.678. The third-order valence-corrected chi connectivity index (χ3v) is 4.81. The molecule has 3 aromatic rings. The monoisotopic (exact) mass is 385 g/mol. The van der Waals surface area contributed by atoms with E-state index in [0.717, 1.165) is 4.70 Å². The SMILES string of the molecule is CCC(=O)Nc1nc2cc(NC(=O)c3ccc(OC)c(OC)c3)ccc2s1. The number of rotatable bonds is 6. The van der Waals surface area contributed by atoms with Crippen LogP contribution >= 0.6 is 11.3 Å². The lowest BCUT2D eigenvalue weighted by Gasteiger charge is -2.10. The van der Waals surface area contributed by atoms with Gasteiger partial charge in [0, 0.05) is 17.7 Å². The minimum absolute atomic E-state index is 0.0870. The van der Waals surface area contributed by atoms with Gasteiger partial charge < -0.3 is 20.1 Å². The number of anilines is 2. The number of nitrogens with zero attached hydrogens (tertiary/aromatic N) is 1. The van der Waals surface area contributed by atoms with Crippen LogP contribution in [0.3, 0.4) is 0 Å². The van der Waals surface area contributed by atoms with Crippen molar-refractivity contribution in [3.8, 4) is 11.5 Å². The quantitative estimate of drug-likeness (QED) is 0.671. The van der Waals surface area contributed by atoms with Gasteiger partial charge in [0.05, 0.1) is 24.4 Å². The molecule has 7 nitrogen and oxygen atoms in total. The molecule has 2 aromatic carbocycles. The molecule has 0 atom stereocenters. The highest BCUT2D eigenvalue weighted by Gasteiger charge is 2.12. The highest BCUT2D eigenvalue weighted by atomic mass is 32.1. The molecule has 27 heavy (non-hydrogen) atoms. The molecule has 0 aliphatic heterocycles. The second-order valence-corrected chi connectivity index (χ2v) is 6.66. The van der Waals surface area contributed by atoms with Crippen LogP contribution in [0.25, 0.3) is 10.2 Å². The second kappa shape index (κ2) is 8.05. The van der Waals surface area contributed by atoms with Crippen molar-refractivity contribution in [3.05, 3.63) is 42.0 Å². The van der Waals surface area contributed by atoms with Gasteiger partial charge in [-0.1, -0.05) is 18.3 Å². The first-order chi connectivity index (χ1) is 13.0. The van der Waals surface area contributed by atoms with Gasteiger partial charge in [-0.3, -0.25) is 9.59 Å². The Morgan fingerprint density at radius 2 is 1.81 bits per heavy atom. The number of amides is 2. The number of benzene rings is 2. The molecule has 140 valence electrons. The van der Waals surface area contributed by atoms with E-state index in [-0.39, 0.29) is 11.8 Å². The molecule has 0 saturated heterocycles. The van der Waals surface area contributed by atoms with Crippen LogP contribution < -0.4 is 20.1 Å². The van der Waals surface area contributed by atoms with Gasteiger partial charge in [-0.15, -0.1) is 0 Å². The summed E-state index contributed by atoms with van der Waals surface area (Å²) in [4.78, 5) is 28.4. The number of carbonyl (C=O) groups excluding carboxylic acids is 2. The third-order valence-electron chi connectivity index (χ3n) is 3.86. The summed E-state index contributed by atoms with van der Waals surface area (Å²) in [6.45, 7) is 1.78. The van der Waals surface area contributed by atoms with Gasteiger partial charge in [0.2, 0.25) is 5.91 Å². The van der Waals surface area contributed by atoms with E-state index in [1.54, 1.807) is 37.3 Å². The van der Waals surface area contributed by atoms with E-state index in [9.17, 15) is 9.59 Å². The molecule has 8 heteroatoms. The number of fused-ring (bicyclic) bond motifs is 1. The standard InChI is InChI=1S/C19H19N3O4S/c1-4-17(23)22-19-21-13-10-12(6-8-16(13)27-19)20-18(24)11-5-7-14(25-2)15(9-11)26-3/h5-10H,4H2,1-3H3,(H,20,24)(H,21,22,23). The zero-order chi connectivity index (χ0) is 19.4.